The van der Waals surface area contributed by atoms with Gasteiger partial charge in [0.15, 0.2) is 0 Å². The summed E-state index contributed by atoms with van der Waals surface area (Å²) in [5, 5.41) is 26.0. The fraction of sp³-hybridized carbons (Fsp3) is 0.250. The minimum Gasteiger partial charge on any atom is -0.422 e. The Morgan fingerprint density at radius 3 is 2.56 bits per heavy atom. The van der Waals surface area contributed by atoms with Gasteiger partial charge in [0.2, 0.25) is 0 Å². The molecule has 0 spiro atoms. The maximum absolute atomic E-state index is 8.30. The highest BCUT2D eigenvalue weighted by molar-refractivity contribution is 6.81. The molecule has 0 saturated heterocycles. The summed E-state index contributed by atoms with van der Waals surface area (Å²) in [6, 6.07) is 0. The van der Waals surface area contributed by atoms with Crippen LogP contribution in [0.5, 0.6) is 0 Å². The van der Waals surface area contributed by atoms with Crippen LogP contribution in [0.1, 0.15) is 0 Å². The molecule has 5 heteroatoms. The quantitative estimate of drug-likeness (QED) is 0.283. The zero-order valence-electron chi connectivity index (χ0n) is 5.13. The molecule has 0 amide bonds. The summed E-state index contributed by atoms with van der Waals surface area (Å²) < 4.78 is 0. The maximum atomic E-state index is 8.30. The van der Waals surface area contributed by atoms with Gasteiger partial charge in [0.1, 0.15) is 0 Å². The number of hydrogen-bond acceptors (Lipinski definition) is 4. The van der Waals surface area contributed by atoms with Crippen molar-refractivity contribution in [1.82, 2.24) is 5.32 Å². The van der Waals surface area contributed by atoms with E-state index in [2.05, 4.69) is 5.32 Å². The van der Waals surface area contributed by atoms with Crippen LogP contribution >= 0.6 is 0 Å². The maximum Gasteiger partial charge on any atom is 0.507 e. The van der Waals surface area contributed by atoms with E-state index in [0.717, 1.165) is 0 Å². The Hall–Kier alpha value is -0.805. The second-order valence-corrected chi connectivity index (χ2v) is 1.45. The molecular formula is C4H9BN2O2. The zero-order chi connectivity index (χ0) is 7.28. The van der Waals surface area contributed by atoms with Crippen molar-refractivity contribution in [3.8, 4) is 0 Å². The van der Waals surface area contributed by atoms with Gasteiger partial charge >= 0.3 is 7.12 Å². The third kappa shape index (κ3) is 3.75. The topological polar surface area (TPSA) is 76.3 Å². The van der Waals surface area contributed by atoms with Crippen molar-refractivity contribution in [2.75, 3.05) is 7.05 Å². The number of rotatable bonds is 3. The van der Waals surface area contributed by atoms with Crippen LogP contribution in [0.2, 0.25) is 0 Å². The Kier molecular flexibility index (Phi) is 3.74. The van der Waals surface area contributed by atoms with Crippen LogP contribution in [0.4, 0.5) is 0 Å². The summed E-state index contributed by atoms with van der Waals surface area (Å²) in [5.41, 5.74) is -0.232. The number of allylic oxidation sites excluding steroid dienone is 1. The second kappa shape index (κ2) is 4.11. The molecule has 4 nitrogen and oxygen atoms in total. The first-order chi connectivity index (χ1) is 4.18. The fourth-order valence-electron chi connectivity index (χ4n) is 0.259. The van der Waals surface area contributed by atoms with Crippen molar-refractivity contribution >= 4 is 12.7 Å². The van der Waals surface area contributed by atoms with E-state index in [1.807, 2.05) is 0 Å². The molecule has 0 radical (unpaired) electrons. The van der Waals surface area contributed by atoms with Crippen molar-refractivity contribution in [3.05, 3.63) is 12.3 Å². The average Bonchev–Trinajstić information content (AvgIpc) is 1.82. The molecule has 0 saturated carbocycles. The van der Waals surface area contributed by atoms with Crippen LogP contribution in [0, 0.1) is 5.41 Å². The molecule has 0 aliphatic heterocycles. The summed E-state index contributed by atoms with van der Waals surface area (Å²) in [6.45, 7) is 0. The molecule has 9 heavy (non-hydrogen) atoms. The van der Waals surface area contributed by atoms with Crippen LogP contribution < -0.4 is 5.32 Å². The van der Waals surface area contributed by atoms with Crippen molar-refractivity contribution in [1.29, 1.82) is 5.41 Å². The second-order valence-electron chi connectivity index (χ2n) is 1.45. The monoisotopic (exact) mass is 128 g/mol. The molecule has 0 bridgehead atoms. The van der Waals surface area contributed by atoms with Gasteiger partial charge in [0, 0.05) is 7.05 Å². The summed E-state index contributed by atoms with van der Waals surface area (Å²) in [5.74, 6) is 0. The third-order valence-electron chi connectivity index (χ3n) is 0.708. The molecule has 0 fully saturated rings. The van der Waals surface area contributed by atoms with E-state index in [0.29, 0.717) is 0 Å². The summed E-state index contributed by atoms with van der Waals surface area (Å²) in [6.07, 6.45) is 2.71. The lowest BCUT2D eigenvalue weighted by Crippen LogP contribution is -2.22. The first-order valence-corrected chi connectivity index (χ1v) is 2.47. The SMILES string of the molecule is CN/C=C\C(=N)B(O)O. The fourth-order valence-corrected chi connectivity index (χ4v) is 0.259. The molecule has 0 atom stereocenters. The lowest BCUT2D eigenvalue weighted by Gasteiger charge is -1.92. The van der Waals surface area contributed by atoms with Gasteiger partial charge in [-0.05, 0) is 12.3 Å². The van der Waals surface area contributed by atoms with Crippen LogP contribution in [0.3, 0.4) is 0 Å². The first-order valence-electron chi connectivity index (χ1n) is 2.47. The molecule has 0 aromatic carbocycles. The highest BCUT2D eigenvalue weighted by Gasteiger charge is 2.09. The molecule has 0 heterocycles. The van der Waals surface area contributed by atoms with Crippen LogP contribution in [0.15, 0.2) is 12.3 Å². The predicted octanol–water partition coefficient (Wildman–Crippen LogP) is -1.25. The highest BCUT2D eigenvalue weighted by Crippen LogP contribution is 1.76. The Balaban J connectivity index is 3.63. The standard InChI is InChI=1S/C4H9BN2O2/c1-7-3-2-4(6)5(8)9/h2-3,6-9H,1H3/b3-2-,6-4?. The molecule has 4 N–H and O–H groups in total. The van der Waals surface area contributed by atoms with E-state index in [4.69, 9.17) is 15.5 Å². The van der Waals surface area contributed by atoms with E-state index in [1.54, 1.807) is 7.05 Å². The Morgan fingerprint density at radius 2 is 2.22 bits per heavy atom. The number of nitrogens with one attached hydrogen (secondary N) is 2. The van der Waals surface area contributed by atoms with Crippen molar-refractivity contribution in [2.45, 2.75) is 0 Å². The van der Waals surface area contributed by atoms with Crippen LogP contribution in [0.25, 0.3) is 0 Å². The summed E-state index contributed by atoms with van der Waals surface area (Å²) >= 11 is 0. The van der Waals surface area contributed by atoms with Crippen molar-refractivity contribution < 1.29 is 10.0 Å². The number of hydrogen-bond donors (Lipinski definition) is 4. The predicted molar refractivity (Wildman–Crippen MR) is 36.1 cm³/mol. The van der Waals surface area contributed by atoms with Gasteiger partial charge < -0.3 is 20.8 Å². The summed E-state index contributed by atoms with van der Waals surface area (Å²) in [7, 11) is -0.0114. The van der Waals surface area contributed by atoms with Crippen LogP contribution in [-0.2, 0) is 0 Å². The lowest BCUT2D eigenvalue weighted by molar-refractivity contribution is 0.430. The molecule has 0 unspecified atom stereocenters. The third-order valence-corrected chi connectivity index (χ3v) is 0.708. The molecule has 0 rings (SSSR count). The molecule has 0 aromatic rings. The lowest BCUT2D eigenvalue weighted by atomic mass is 9.84. The van der Waals surface area contributed by atoms with Gasteiger partial charge in [-0.3, -0.25) is 0 Å². The van der Waals surface area contributed by atoms with E-state index in [1.165, 1.54) is 12.3 Å². The smallest absolute Gasteiger partial charge is 0.422 e. The Bertz CT molecular complexity index is 124. The van der Waals surface area contributed by atoms with Gasteiger partial charge in [0.25, 0.3) is 0 Å². The molecule has 50 valence electrons. The van der Waals surface area contributed by atoms with Gasteiger partial charge in [-0.15, -0.1) is 0 Å². The van der Waals surface area contributed by atoms with Gasteiger partial charge in [0.05, 0.1) is 5.61 Å². The summed E-state index contributed by atoms with van der Waals surface area (Å²) in [4.78, 5) is 0. The van der Waals surface area contributed by atoms with E-state index in [-0.39, 0.29) is 5.61 Å². The largest absolute Gasteiger partial charge is 0.507 e. The average molecular weight is 128 g/mol. The highest BCUT2D eigenvalue weighted by atomic mass is 16.4. The molecule has 0 aliphatic carbocycles. The van der Waals surface area contributed by atoms with E-state index < -0.39 is 7.12 Å². The van der Waals surface area contributed by atoms with E-state index in [9.17, 15) is 0 Å². The molecule has 0 aromatic heterocycles. The normalized spacial score (nSPS) is 9.67. The minimum absolute atomic E-state index is 0.232. The van der Waals surface area contributed by atoms with Gasteiger partial charge in [-0.2, -0.15) is 0 Å². The zero-order valence-corrected chi connectivity index (χ0v) is 5.13. The molecular weight excluding hydrogens is 119 g/mol. The van der Waals surface area contributed by atoms with Crippen molar-refractivity contribution in [2.24, 2.45) is 0 Å². The van der Waals surface area contributed by atoms with Crippen LogP contribution in [-0.4, -0.2) is 29.8 Å². The van der Waals surface area contributed by atoms with E-state index >= 15 is 0 Å². The van der Waals surface area contributed by atoms with Gasteiger partial charge in [-0.25, -0.2) is 0 Å². The van der Waals surface area contributed by atoms with Gasteiger partial charge in [-0.1, -0.05) is 0 Å². The first kappa shape index (κ1) is 8.19. The Labute approximate surface area is 53.9 Å². The van der Waals surface area contributed by atoms with Crippen molar-refractivity contribution in [3.63, 3.8) is 0 Å². The minimum atomic E-state index is -1.67. The molecule has 0 aliphatic rings. The Morgan fingerprint density at radius 1 is 1.67 bits per heavy atom.